The third-order valence-electron chi connectivity index (χ3n) is 3.55. The molecule has 0 radical (unpaired) electrons. The first-order valence-electron chi connectivity index (χ1n) is 8.68. The van der Waals surface area contributed by atoms with Gasteiger partial charge in [-0.3, -0.25) is 19.2 Å². The van der Waals surface area contributed by atoms with Crippen LogP contribution in [0.2, 0.25) is 0 Å². The van der Waals surface area contributed by atoms with Crippen molar-refractivity contribution in [2.45, 2.75) is 64.8 Å². The molecule has 28 heavy (non-hydrogen) atoms. The highest BCUT2D eigenvalue weighted by atomic mass is 16.7. The van der Waals surface area contributed by atoms with Gasteiger partial charge in [0.05, 0.1) is 6.61 Å². The minimum atomic E-state index is -1.23. The Morgan fingerprint density at radius 3 is 1.89 bits per heavy atom. The lowest BCUT2D eigenvalue weighted by Crippen LogP contribution is -2.63. The summed E-state index contributed by atoms with van der Waals surface area (Å²) in [6.45, 7) is 8.14. The fourth-order valence-corrected chi connectivity index (χ4v) is 2.59. The number of rotatable bonds is 9. The number of ether oxygens (including phenoxy) is 6. The van der Waals surface area contributed by atoms with Gasteiger partial charge in [-0.1, -0.05) is 6.08 Å². The van der Waals surface area contributed by atoms with E-state index in [0.717, 1.165) is 20.8 Å². The van der Waals surface area contributed by atoms with Crippen LogP contribution in [0.1, 0.15) is 34.1 Å². The van der Waals surface area contributed by atoms with Crippen LogP contribution in [0.25, 0.3) is 0 Å². The standard InChI is InChI=1S/C18H26O10/c1-6-7-8-23-18-17(27-13(5)22)16(26-12(4)21)15(25-11(3)20)14(28-18)9-24-10(2)19/h6,14-18H,1,7-9H2,2-5H3/t14-,15+,16+,17-,18-/m1/s1. The molecule has 1 fully saturated rings. The molecular formula is C18H26O10. The number of hydrogen-bond donors (Lipinski definition) is 0. The van der Waals surface area contributed by atoms with Crippen LogP contribution in [0.3, 0.4) is 0 Å². The summed E-state index contributed by atoms with van der Waals surface area (Å²) in [5.74, 6) is -2.65. The van der Waals surface area contributed by atoms with Crippen molar-refractivity contribution in [3.63, 3.8) is 0 Å². The van der Waals surface area contributed by atoms with E-state index >= 15 is 0 Å². The highest BCUT2D eigenvalue weighted by Crippen LogP contribution is 2.30. The largest absolute Gasteiger partial charge is 0.463 e. The van der Waals surface area contributed by atoms with Gasteiger partial charge in [0.15, 0.2) is 24.6 Å². The van der Waals surface area contributed by atoms with Crippen molar-refractivity contribution in [2.75, 3.05) is 13.2 Å². The zero-order chi connectivity index (χ0) is 21.3. The van der Waals surface area contributed by atoms with Gasteiger partial charge < -0.3 is 28.4 Å². The van der Waals surface area contributed by atoms with Crippen LogP contribution in [-0.4, -0.2) is 67.8 Å². The smallest absolute Gasteiger partial charge is 0.303 e. The van der Waals surface area contributed by atoms with Gasteiger partial charge in [-0.05, 0) is 6.42 Å². The first-order chi connectivity index (χ1) is 13.1. The Morgan fingerprint density at radius 1 is 0.857 bits per heavy atom. The van der Waals surface area contributed by atoms with Crippen LogP contribution in [-0.2, 0) is 47.6 Å². The summed E-state index contributed by atoms with van der Waals surface area (Å²) in [6.07, 6.45) is -3.70. The molecule has 1 aliphatic heterocycles. The average molecular weight is 402 g/mol. The normalized spacial score (nSPS) is 26.6. The van der Waals surface area contributed by atoms with Gasteiger partial charge in [0.1, 0.15) is 12.7 Å². The molecule has 0 aromatic rings. The Bertz CT molecular complexity index is 587. The molecule has 10 heteroatoms. The Morgan fingerprint density at radius 2 is 1.39 bits per heavy atom. The van der Waals surface area contributed by atoms with Gasteiger partial charge in [0, 0.05) is 27.7 Å². The molecular weight excluding hydrogens is 376 g/mol. The Labute approximate surface area is 163 Å². The van der Waals surface area contributed by atoms with Crippen LogP contribution < -0.4 is 0 Å². The molecule has 1 rings (SSSR count). The molecule has 0 unspecified atom stereocenters. The maximum atomic E-state index is 11.6. The van der Waals surface area contributed by atoms with Crippen LogP contribution in [0.4, 0.5) is 0 Å². The first-order valence-corrected chi connectivity index (χ1v) is 8.68. The van der Waals surface area contributed by atoms with E-state index in [4.69, 9.17) is 28.4 Å². The average Bonchev–Trinajstić information content (AvgIpc) is 2.57. The first kappa shape index (κ1) is 23.6. The Kier molecular flexibility index (Phi) is 9.60. The van der Waals surface area contributed by atoms with E-state index in [1.807, 2.05) is 0 Å². The number of carbonyl (C=O) groups excluding carboxylic acids is 4. The lowest BCUT2D eigenvalue weighted by atomic mass is 9.98. The SMILES string of the molecule is C=CCCO[C@@H]1O[C@H](COC(C)=O)[C@H](OC(C)=O)[C@H](OC(C)=O)[C@H]1OC(C)=O. The van der Waals surface area contributed by atoms with Gasteiger partial charge in [-0.15, -0.1) is 6.58 Å². The fourth-order valence-electron chi connectivity index (χ4n) is 2.59. The van der Waals surface area contributed by atoms with Gasteiger partial charge in [0.25, 0.3) is 0 Å². The molecule has 0 saturated carbocycles. The highest BCUT2D eigenvalue weighted by molar-refractivity contribution is 5.68. The van der Waals surface area contributed by atoms with Crippen molar-refractivity contribution < 1.29 is 47.6 Å². The van der Waals surface area contributed by atoms with E-state index in [9.17, 15) is 19.2 Å². The lowest BCUT2D eigenvalue weighted by Gasteiger charge is -2.44. The Hall–Kier alpha value is -2.46. The van der Waals surface area contributed by atoms with E-state index in [-0.39, 0.29) is 13.2 Å². The summed E-state index contributed by atoms with van der Waals surface area (Å²) in [7, 11) is 0. The molecule has 0 N–H and O–H groups in total. The van der Waals surface area contributed by atoms with Crippen molar-refractivity contribution in [3.05, 3.63) is 12.7 Å². The molecule has 1 saturated heterocycles. The van der Waals surface area contributed by atoms with E-state index in [1.54, 1.807) is 6.08 Å². The van der Waals surface area contributed by atoms with E-state index < -0.39 is 54.6 Å². The lowest BCUT2D eigenvalue weighted by molar-refractivity contribution is -0.307. The molecule has 0 aromatic carbocycles. The second-order valence-corrected chi connectivity index (χ2v) is 6.02. The molecule has 158 valence electrons. The summed E-state index contributed by atoms with van der Waals surface area (Å²) in [6, 6.07) is 0. The number of esters is 4. The summed E-state index contributed by atoms with van der Waals surface area (Å²) in [5.41, 5.74) is 0. The number of hydrogen-bond acceptors (Lipinski definition) is 10. The van der Waals surface area contributed by atoms with E-state index in [2.05, 4.69) is 6.58 Å². The van der Waals surface area contributed by atoms with Gasteiger partial charge >= 0.3 is 23.9 Å². The zero-order valence-electron chi connectivity index (χ0n) is 16.4. The second kappa shape index (κ2) is 11.4. The van der Waals surface area contributed by atoms with Crippen LogP contribution in [0.5, 0.6) is 0 Å². The topological polar surface area (TPSA) is 124 Å². The minimum absolute atomic E-state index is 0.178. The van der Waals surface area contributed by atoms with Crippen molar-refractivity contribution in [1.29, 1.82) is 0 Å². The van der Waals surface area contributed by atoms with Crippen molar-refractivity contribution in [2.24, 2.45) is 0 Å². The summed E-state index contributed by atoms with van der Waals surface area (Å²) >= 11 is 0. The molecule has 0 aliphatic carbocycles. The molecule has 0 bridgehead atoms. The van der Waals surface area contributed by atoms with Crippen molar-refractivity contribution >= 4 is 23.9 Å². The maximum Gasteiger partial charge on any atom is 0.303 e. The summed E-state index contributed by atoms with van der Waals surface area (Å²) in [4.78, 5) is 46.0. The monoisotopic (exact) mass is 402 g/mol. The van der Waals surface area contributed by atoms with Crippen molar-refractivity contribution in [3.8, 4) is 0 Å². The van der Waals surface area contributed by atoms with Gasteiger partial charge in [0.2, 0.25) is 0 Å². The van der Waals surface area contributed by atoms with Crippen LogP contribution in [0, 0.1) is 0 Å². The third-order valence-corrected chi connectivity index (χ3v) is 3.55. The second-order valence-electron chi connectivity index (χ2n) is 6.02. The summed E-state index contributed by atoms with van der Waals surface area (Å²) in [5, 5.41) is 0. The zero-order valence-corrected chi connectivity index (χ0v) is 16.4. The number of carbonyl (C=O) groups is 4. The van der Waals surface area contributed by atoms with Gasteiger partial charge in [-0.2, -0.15) is 0 Å². The van der Waals surface area contributed by atoms with Gasteiger partial charge in [-0.25, -0.2) is 0 Å². The van der Waals surface area contributed by atoms with E-state index in [1.165, 1.54) is 6.92 Å². The van der Waals surface area contributed by atoms with E-state index in [0.29, 0.717) is 6.42 Å². The molecule has 10 nitrogen and oxygen atoms in total. The summed E-state index contributed by atoms with van der Waals surface area (Å²) < 4.78 is 32.1. The molecule has 1 heterocycles. The molecule has 1 aliphatic rings. The minimum Gasteiger partial charge on any atom is -0.463 e. The van der Waals surface area contributed by atoms with Crippen molar-refractivity contribution in [1.82, 2.24) is 0 Å². The predicted molar refractivity (Wildman–Crippen MR) is 92.7 cm³/mol. The Balaban J connectivity index is 3.22. The predicted octanol–water partition coefficient (Wildman–Crippen LogP) is 0.662. The van der Waals surface area contributed by atoms with Crippen LogP contribution >= 0.6 is 0 Å². The highest BCUT2D eigenvalue weighted by Gasteiger charge is 2.52. The molecule has 0 aromatic heterocycles. The fraction of sp³-hybridized carbons (Fsp3) is 0.667. The quantitative estimate of drug-likeness (QED) is 0.235. The molecule has 0 amide bonds. The third kappa shape index (κ3) is 7.65. The molecule has 0 spiro atoms. The molecule has 5 atom stereocenters. The maximum absolute atomic E-state index is 11.6. The van der Waals surface area contributed by atoms with Crippen LogP contribution in [0.15, 0.2) is 12.7 Å².